The second-order valence-corrected chi connectivity index (χ2v) is 5.24. The van der Waals surface area contributed by atoms with Crippen LogP contribution in [0, 0.1) is 12.7 Å². The normalized spacial score (nSPS) is 23.0. The van der Waals surface area contributed by atoms with Crippen molar-refractivity contribution in [3.05, 3.63) is 35.1 Å². The third-order valence-corrected chi connectivity index (χ3v) is 4.01. The fourth-order valence-electron chi connectivity index (χ4n) is 2.56. The molecule has 1 aromatic rings. The number of hydrogen-bond acceptors (Lipinski definition) is 2. The van der Waals surface area contributed by atoms with Gasteiger partial charge in [-0.05, 0) is 37.5 Å². The first-order chi connectivity index (χ1) is 8.61. The molecule has 0 aromatic heterocycles. The molecular formula is C15H23FN2. The van der Waals surface area contributed by atoms with E-state index in [1.165, 1.54) is 0 Å². The molecule has 18 heavy (non-hydrogen) atoms. The van der Waals surface area contributed by atoms with E-state index in [9.17, 15) is 4.39 Å². The number of halogens is 1. The molecule has 1 saturated heterocycles. The molecule has 1 N–H and O–H groups in total. The van der Waals surface area contributed by atoms with Crippen molar-refractivity contribution in [2.24, 2.45) is 0 Å². The Kier molecular flexibility index (Phi) is 4.36. The van der Waals surface area contributed by atoms with E-state index in [0.717, 1.165) is 37.2 Å². The number of hydrogen-bond donors (Lipinski definition) is 1. The van der Waals surface area contributed by atoms with Gasteiger partial charge in [-0.1, -0.05) is 19.1 Å². The van der Waals surface area contributed by atoms with Gasteiger partial charge in [-0.25, -0.2) is 4.39 Å². The summed E-state index contributed by atoms with van der Waals surface area (Å²) < 4.78 is 13.6. The zero-order valence-electron chi connectivity index (χ0n) is 11.5. The maximum absolute atomic E-state index is 13.6. The molecule has 2 rings (SSSR count). The topological polar surface area (TPSA) is 15.3 Å². The van der Waals surface area contributed by atoms with Gasteiger partial charge >= 0.3 is 0 Å². The lowest BCUT2D eigenvalue weighted by atomic mass is 10.0. The van der Waals surface area contributed by atoms with Crippen LogP contribution in [0.25, 0.3) is 0 Å². The van der Waals surface area contributed by atoms with Gasteiger partial charge in [0.1, 0.15) is 5.82 Å². The van der Waals surface area contributed by atoms with Crippen molar-refractivity contribution >= 4 is 0 Å². The van der Waals surface area contributed by atoms with Gasteiger partial charge in [0.05, 0.1) is 0 Å². The van der Waals surface area contributed by atoms with Crippen LogP contribution in [0.5, 0.6) is 0 Å². The lowest BCUT2D eigenvalue weighted by Crippen LogP contribution is -2.50. The lowest BCUT2D eigenvalue weighted by Gasteiger charge is -2.37. The summed E-state index contributed by atoms with van der Waals surface area (Å²) in [6, 6.07) is 6.46. The average molecular weight is 250 g/mol. The highest BCUT2D eigenvalue weighted by Gasteiger charge is 2.23. The molecule has 0 radical (unpaired) electrons. The largest absolute Gasteiger partial charge is 0.311 e. The van der Waals surface area contributed by atoms with Crippen LogP contribution < -0.4 is 5.32 Å². The number of benzene rings is 1. The summed E-state index contributed by atoms with van der Waals surface area (Å²) in [6.07, 6.45) is 1.14. The Morgan fingerprint density at radius 1 is 1.50 bits per heavy atom. The molecule has 0 aliphatic carbocycles. The molecular weight excluding hydrogens is 227 g/mol. The summed E-state index contributed by atoms with van der Waals surface area (Å²) in [4.78, 5) is 2.44. The van der Waals surface area contributed by atoms with E-state index in [1.807, 2.05) is 19.1 Å². The van der Waals surface area contributed by atoms with E-state index in [4.69, 9.17) is 0 Å². The molecule has 0 bridgehead atoms. The predicted octanol–water partition coefficient (Wildman–Crippen LogP) is 2.88. The monoisotopic (exact) mass is 250 g/mol. The van der Waals surface area contributed by atoms with Crippen LogP contribution in [-0.2, 0) is 0 Å². The molecule has 1 aliphatic heterocycles. The Balaban J connectivity index is 2.10. The maximum atomic E-state index is 13.6. The molecule has 3 heteroatoms. The molecule has 1 fully saturated rings. The van der Waals surface area contributed by atoms with E-state index in [1.54, 1.807) is 6.07 Å². The zero-order valence-corrected chi connectivity index (χ0v) is 11.5. The molecule has 2 nitrogen and oxygen atoms in total. The first kappa shape index (κ1) is 13.5. The quantitative estimate of drug-likeness (QED) is 0.887. The van der Waals surface area contributed by atoms with Crippen LogP contribution in [0.15, 0.2) is 18.2 Å². The fourth-order valence-corrected chi connectivity index (χ4v) is 2.56. The van der Waals surface area contributed by atoms with E-state index < -0.39 is 0 Å². The van der Waals surface area contributed by atoms with Gasteiger partial charge in [-0.2, -0.15) is 0 Å². The molecule has 1 heterocycles. The molecule has 2 atom stereocenters. The van der Waals surface area contributed by atoms with Gasteiger partial charge in [0.15, 0.2) is 0 Å². The van der Waals surface area contributed by atoms with E-state index >= 15 is 0 Å². The Hall–Kier alpha value is -0.930. The third-order valence-electron chi connectivity index (χ3n) is 4.01. The smallest absolute Gasteiger partial charge is 0.126 e. The Morgan fingerprint density at radius 2 is 2.28 bits per heavy atom. The number of piperazine rings is 1. The minimum absolute atomic E-state index is 0.0958. The highest BCUT2D eigenvalue weighted by Crippen LogP contribution is 2.23. The van der Waals surface area contributed by atoms with Crippen molar-refractivity contribution in [1.82, 2.24) is 10.2 Å². The molecule has 1 aliphatic rings. The van der Waals surface area contributed by atoms with Gasteiger partial charge in [0.2, 0.25) is 0 Å². The Bertz CT molecular complexity index is 405. The summed E-state index contributed by atoms with van der Waals surface area (Å²) in [5.74, 6) is -0.0958. The van der Waals surface area contributed by atoms with Crippen molar-refractivity contribution in [1.29, 1.82) is 0 Å². The van der Waals surface area contributed by atoms with Crippen LogP contribution in [-0.4, -0.2) is 30.6 Å². The SMILES string of the molecule is CCC1CN(C(C)c2ccc(C)c(F)c2)CCN1. The second kappa shape index (κ2) is 5.81. The van der Waals surface area contributed by atoms with Gasteiger partial charge in [0.25, 0.3) is 0 Å². The van der Waals surface area contributed by atoms with E-state index in [2.05, 4.69) is 24.1 Å². The first-order valence-corrected chi connectivity index (χ1v) is 6.85. The summed E-state index contributed by atoms with van der Waals surface area (Å²) in [5.41, 5.74) is 1.80. The van der Waals surface area contributed by atoms with Crippen LogP contribution >= 0.6 is 0 Å². The Morgan fingerprint density at radius 3 is 2.94 bits per heavy atom. The molecule has 0 spiro atoms. The van der Waals surface area contributed by atoms with Crippen LogP contribution in [0.1, 0.15) is 37.4 Å². The van der Waals surface area contributed by atoms with Crippen molar-refractivity contribution in [2.75, 3.05) is 19.6 Å². The van der Waals surface area contributed by atoms with Crippen LogP contribution in [0.2, 0.25) is 0 Å². The zero-order chi connectivity index (χ0) is 13.1. The van der Waals surface area contributed by atoms with Gasteiger partial charge in [0, 0.05) is 31.7 Å². The second-order valence-electron chi connectivity index (χ2n) is 5.24. The molecule has 0 amide bonds. The summed E-state index contributed by atoms with van der Waals surface area (Å²) >= 11 is 0. The molecule has 1 aromatic carbocycles. The number of aryl methyl sites for hydroxylation is 1. The number of nitrogens with zero attached hydrogens (tertiary/aromatic N) is 1. The highest BCUT2D eigenvalue weighted by atomic mass is 19.1. The predicted molar refractivity (Wildman–Crippen MR) is 73.2 cm³/mol. The molecule has 0 saturated carbocycles. The van der Waals surface area contributed by atoms with Crippen molar-refractivity contribution < 1.29 is 4.39 Å². The van der Waals surface area contributed by atoms with Gasteiger partial charge < -0.3 is 5.32 Å². The highest BCUT2D eigenvalue weighted by molar-refractivity contribution is 5.25. The fraction of sp³-hybridized carbons (Fsp3) is 0.600. The van der Waals surface area contributed by atoms with Crippen LogP contribution in [0.3, 0.4) is 0 Å². The Labute approximate surface area is 109 Å². The average Bonchev–Trinajstić information content (AvgIpc) is 2.41. The minimum Gasteiger partial charge on any atom is -0.311 e. The summed E-state index contributed by atoms with van der Waals surface area (Å²) in [5, 5.41) is 3.51. The number of rotatable bonds is 3. The van der Waals surface area contributed by atoms with Crippen LogP contribution in [0.4, 0.5) is 4.39 Å². The van der Waals surface area contributed by atoms with Crippen molar-refractivity contribution in [2.45, 2.75) is 39.3 Å². The molecule has 100 valence electrons. The standard InChI is InChI=1S/C15H23FN2/c1-4-14-10-18(8-7-17-14)12(3)13-6-5-11(2)15(16)9-13/h5-6,9,12,14,17H,4,7-8,10H2,1-3H3. The third kappa shape index (κ3) is 2.90. The summed E-state index contributed by atoms with van der Waals surface area (Å²) in [6.45, 7) is 9.29. The van der Waals surface area contributed by atoms with Gasteiger partial charge in [-0.15, -0.1) is 0 Å². The lowest BCUT2D eigenvalue weighted by molar-refractivity contribution is 0.151. The van der Waals surface area contributed by atoms with E-state index in [-0.39, 0.29) is 11.9 Å². The minimum atomic E-state index is -0.0958. The van der Waals surface area contributed by atoms with Gasteiger partial charge in [-0.3, -0.25) is 4.90 Å². The summed E-state index contributed by atoms with van der Waals surface area (Å²) in [7, 11) is 0. The van der Waals surface area contributed by atoms with E-state index in [0.29, 0.717) is 6.04 Å². The number of nitrogens with one attached hydrogen (secondary N) is 1. The van der Waals surface area contributed by atoms with Crippen molar-refractivity contribution in [3.8, 4) is 0 Å². The maximum Gasteiger partial charge on any atom is 0.126 e. The van der Waals surface area contributed by atoms with Crippen molar-refractivity contribution in [3.63, 3.8) is 0 Å². The first-order valence-electron chi connectivity index (χ1n) is 6.85. The molecule has 2 unspecified atom stereocenters.